The molecule has 0 aliphatic heterocycles. The molecule has 0 fully saturated rings. The van der Waals surface area contributed by atoms with Crippen LogP contribution in [0.25, 0.3) is 0 Å². The van der Waals surface area contributed by atoms with Gasteiger partial charge in [0.2, 0.25) is 0 Å². The van der Waals surface area contributed by atoms with Gasteiger partial charge in [0.05, 0.1) is 0 Å². The molecule has 0 aliphatic rings. The van der Waals surface area contributed by atoms with Gasteiger partial charge in [0.15, 0.2) is 0 Å². The quantitative estimate of drug-likeness (QED) is 0.636. The lowest BCUT2D eigenvalue weighted by molar-refractivity contribution is 0.823. The zero-order valence-corrected chi connectivity index (χ0v) is 15.7. The average molecular weight is 303 g/mol. The summed E-state index contributed by atoms with van der Waals surface area (Å²) in [6.45, 7) is 16.6. The first kappa shape index (κ1) is 22.6. The van der Waals surface area contributed by atoms with Crippen LogP contribution in [0.5, 0.6) is 0 Å². The fourth-order valence-electron chi connectivity index (χ4n) is 1.47. The zero-order valence-electron chi connectivity index (χ0n) is 15.7. The molecule has 2 aromatic rings. The lowest BCUT2D eigenvalue weighted by atomic mass is 10.1. The highest BCUT2D eigenvalue weighted by molar-refractivity contribution is 5.13. The van der Waals surface area contributed by atoms with Gasteiger partial charge in [-0.1, -0.05) is 61.5 Å². The highest BCUT2D eigenvalue weighted by atomic mass is 14.7. The Balaban J connectivity index is 0. The highest BCUT2D eigenvalue weighted by Gasteiger charge is 1.95. The molecule has 2 nitrogen and oxygen atoms in total. The van der Waals surface area contributed by atoms with Crippen LogP contribution in [0, 0.1) is 0 Å². The van der Waals surface area contributed by atoms with Crippen molar-refractivity contribution in [2.75, 3.05) is 0 Å². The minimum absolute atomic E-state index is 0.547. The minimum atomic E-state index is 0.547. The van der Waals surface area contributed by atoms with E-state index in [4.69, 9.17) is 0 Å². The number of rotatable bonds is 2. The van der Waals surface area contributed by atoms with Gasteiger partial charge in [-0.3, -0.25) is 9.97 Å². The topological polar surface area (TPSA) is 25.8 Å². The summed E-state index contributed by atoms with van der Waals surface area (Å²) in [5, 5.41) is 0. The van der Waals surface area contributed by atoms with Crippen LogP contribution < -0.4 is 0 Å². The molecule has 0 aromatic carbocycles. The largest absolute Gasteiger partial charge is 0.265 e. The third-order valence-corrected chi connectivity index (χ3v) is 2.65. The van der Waals surface area contributed by atoms with Gasteiger partial charge in [0.1, 0.15) is 0 Å². The Morgan fingerprint density at radius 3 is 1.50 bits per heavy atom. The van der Waals surface area contributed by atoms with Gasteiger partial charge >= 0.3 is 0 Å². The second-order valence-corrected chi connectivity index (χ2v) is 4.84. The van der Waals surface area contributed by atoms with Crippen molar-refractivity contribution in [2.45, 2.75) is 67.2 Å². The normalized spacial score (nSPS) is 8.82. The lowest BCUT2D eigenvalue weighted by Crippen LogP contribution is -1.88. The van der Waals surface area contributed by atoms with E-state index in [2.05, 4.69) is 37.7 Å². The van der Waals surface area contributed by atoms with Crippen LogP contribution in [0.4, 0.5) is 0 Å². The number of aromatic nitrogens is 2. The van der Waals surface area contributed by atoms with Crippen LogP contribution in [0.2, 0.25) is 0 Å². The molecule has 0 amide bonds. The summed E-state index contributed by atoms with van der Waals surface area (Å²) in [6.07, 6.45) is 5.49. The van der Waals surface area contributed by atoms with Crippen LogP contribution >= 0.6 is 0 Å². The molecular weight excluding hydrogens is 268 g/mol. The van der Waals surface area contributed by atoms with E-state index in [-0.39, 0.29) is 0 Å². The van der Waals surface area contributed by atoms with E-state index in [1.165, 1.54) is 5.56 Å². The fourth-order valence-corrected chi connectivity index (χ4v) is 1.47. The summed E-state index contributed by atoms with van der Waals surface area (Å²) in [7, 11) is 0. The third-order valence-electron chi connectivity index (χ3n) is 2.65. The molecule has 0 aliphatic carbocycles. The van der Waals surface area contributed by atoms with Crippen molar-refractivity contribution in [3.63, 3.8) is 0 Å². The second-order valence-electron chi connectivity index (χ2n) is 4.84. The Bertz CT molecular complexity index is 378. The summed E-state index contributed by atoms with van der Waals surface area (Å²) < 4.78 is 0. The minimum Gasteiger partial charge on any atom is -0.265 e. The molecule has 0 atom stereocenters. The Hall–Kier alpha value is -1.70. The van der Waals surface area contributed by atoms with Crippen molar-refractivity contribution < 1.29 is 0 Å². The summed E-state index contributed by atoms with van der Waals surface area (Å²) in [5.41, 5.74) is 2.52. The summed E-state index contributed by atoms with van der Waals surface area (Å²) >= 11 is 0. The number of hydrogen-bond donors (Lipinski definition) is 0. The average Bonchev–Trinajstić information content (AvgIpc) is 2.60. The molecule has 0 saturated carbocycles. The molecule has 2 aromatic heterocycles. The van der Waals surface area contributed by atoms with Crippen LogP contribution in [-0.4, -0.2) is 9.97 Å². The standard InChI is InChI=1S/2C8H11N.2C2H6/c1-7(2)8-3-5-9-6-4-8;1-7(2)8-5-3-4-6-9-8;2*1-2/h2*3-7H,1-2H3;2*1-2H3. The molecule has 2 heterocycles. The Labute approximate surface area is 138 Å². The second kappa shape index (κ2) is 15.7. The van der Waals surface area contributed by atoms with Crippen molar-refractivity contribution in [3.05, 3.63) is 60.2 Å². The van der Waals surface area contributed by atoms with Gasteiger partial charge in [-0.05, 0) is 41.7 Å². The summed E-state index contributed by atoms with van der Waals surface area (Å²) in [6, 6.07) is 10.1. The molecule has 0 radical (unpaired) electrons. The maximum absolute atomic E-state index is 4.18. The van der Waals surface area contributed by atoms with E-state index in [1.807, 2.05) is 76.6 Å². The van der Waals surface area contributed by atoms with Crippen molar-refractivity contribution in [1.82, 2.24) is 9.97 Å². The fraction of sp³-hybridized carbons (Fsp3) is 0.500. The first-order chi connectivity index (χ1) is 10.6. The van der Waals surface area contributed by atoms with Crippen molar-refractivity contribution in [1.29, 1.82) is 0 Å². The molecule has 0 bridgehead atoms. The number of nitrogens with zero attached hydrogens (tertiary/aromatic N) is 2. The van der Waals surface area contributed by atoms with Gasteiger partial charge < -0.3 is 0 Å². The monoisotopic (exact) mass is 302 g/mol. The van der Waals surface area contributed by atoms with Gasteiger partial charge in [-0.2, -0.15) is 0 Å². The predicted octanol–water partition coefficient (Wildman–Crippen LogP) is 6.46. The van der Waals surface area contributed by atoms with E-state index < -0.39 is 0 Å². The SMILES string of the molecule is CC.CC.CC(C)c1ccccn1.CC(C)c1ccncc1. The molecule has 22 heavy (non-hydrogen) atoms. The summed E-state index contributed by atoms with van der Waals surface area (Å²) in [4.78, 5) is 8.11. The number of hydrogen-bond acceptors (Lipinski definition) is 2. The molecule has 2 rings (SSSR count). The number of pyridine rings is 2. The predicted molar refractivity (Wildman–Crippen MR) is 99.3 cm³/mol. The molecule has 0 unspecified atom stereocenters. The zero-order chi connectivity index (χ0) is 17.4. The molecular formula is C20H34N2. The van der Waals surface area contributed by atoms with E-state index in [0.717, 1.165) is 5.69 Å². The van der Waals surface area contributed by atoms with Gasteiger partial charge in [0.25, 0.3) is 0 Å². The van der Waals surface area contributed by atoms with E-state index in [1.54, 1.807) is 0 Å². The van der Waals surface area contributed by atoms with Crippen LogP contribution in [0.3, 0.4) is 0 Å². The van der Waals surface area contributed by atoms with Crippen LogP contribution in [-0.2, 0) is 0 Å². The first-order valence-electron chi connectivity index (χ1n) is 8.42. The van der Waals surface area contributed by atoms with Gasteiger partial charge in [0, 0.05) is 24.3 Å². The molecule has 0 spiro atoms. The maximum atomic E-state index is 4.18. The molecule has 0 saturated heterocycles. The summed E-state index contributed by atoms with van der Waals surface area (Å²) in [5.74, 6) is 1.17. The van der Waals surface area contributed by atoms with Crippen molar-refractivity contribution >= 4 is 0 Å². The first-order valence-corrected chi connectivity index (χ1v) is 8.42. The maximum Gasteiger partial charge on any atom is 0.0428 e. The van der Waals surface area contributed by atoms with Crippen molar-refractivity contribution in [3.8, 4) is 0 Å². The van der Waals surface area contributed by atoms with Gasteiger partial charge in [-0.25, -0.2) is 0 Å². The Morgan fingerprint density at radius 2 is 1.23 bits per heavy atom. The molecule has 0 N–H and O–H groups in total. The van der Waals surface area contributed by atoms with E-state index >= 15 is 0 Å². The molecule has 124 valence electrons. The van der Waals surface area contributed by atoms with Crippen molar-refractivity contribution in [2.24, 2.45) is 0 Å². The smallest absolute Gasteiger partial charge is 0.0428 e. The lowest BCUT2D eigenvalue weighted by Gasteiger charge is -2.01. The van der Waals surface area contributed by atoms with Crippen LogP contribution in [0.1, 0.15) is 78.5 Å². The van der Waals surface area contributed by atoms with Gasteiger partial charge in [-0.15, -0.1) is 0 Å². The third kappa shape index (κ3) is 11.0. The highest BCUT2D eigenvalue weighted by Crippen LogP contribution is 2.10. The van der Waals surface area contributed by atoms with E-state index in [9.17, 15) is 0 Å². The Morgan fingerprint density at radius 1 is 0.682 bits per heavy atom. The van der Waals surface area contributed by atoms with E-state index in [0.29, 0.717) is 11.8 Å². The molecule has 2 heteroatoms. The van der Waals surface area contributed by atoms with Crippen LogP contribution in [0.15, 0.2) is 48.9 Å². The Kier molecular flexibility index (Phi) is 16.1.